The number of unbranched alkanes of at least 4 members (excludes halogenated alkanes) is 2. The van der Waals surface area contributed by atoms with Crippen LogP contribution in [-0.2, 0) is 26.2 Å². The molecule has 2 aromatic heterocycles. The summed E-state index contributed by atoms with van der Waals surface area (Å²) >= 11 is 0. The van der Waals surface area contributed by atoms with Crippen molar-refractivity contribution in [1.29, 1.82) is 0 Å². The van der Waals surface area contributed by atoms with E-state index in [1.165, 1.54) is 0 Å². The Morgan fingerprint density at radius 1 is 0.656 bits per heavy atom. The average Bonchev–Trinajstić information content (AvgIpc) is 3.26. The summed E-state index contributed by atoms with van der Waals surface area (Å²) in [5, 5.41) is 0. The summed E-state index contributed by atoms with van der Waals surface area (Å²) in [7, 11) is 0. The van der Waals surface area contributed by atoms with Crippen LogP contribution >= 0.6 is 0 Å². The Morgan fingerprint density at radius 2 is 1.03 bits per heavy atom. The number of halogens is 6. The maximum Gasteiger partial charge on any atom is 0.389 e. The number of aryl methyl sites for hydroxylation is 4. The van der Waals surface area contributed by atoms with Crippen molar-refractivity contribution in [2.24, 2.45) is 0 Å². The number of hydrogen-bond acceptors (Lipinski definition) is 0. The molecule has 0 unspecified atom stereocenters. The third-order valence-electron chi connectivity index (χ3n) is 5.36. The molecule has 0 spiro atoms. The van der Waals surface area contributed by atoms with Crippen LogP contribution in [0.15, 0.2) is 24.8 Å². The monoisotopic (exact) mass is 468 g/mol. The molecule has 10 heteroatoms. The van der Waals surface area contributed by atoms with Crippen molar-refractivity contribution in [1.82, 2.24) is 9.13 Å². The van der Waals surface area contributed by atoms with Crippen molar-refractivity contribution < 1.29 is 35.5 Å². The van der Waals surface area contributed by atoms with E-state index in [0.29, 0.717) is 13.1 Å². The molecule has 0 N–H and O–H groups in total. The van der Waals surface area contributed by atoms with E-state index in [1.807, 2.05) is 21.5 Å². The molecule has 32 heavy (non-hydrogen) atoms. The summed E-state index contributed by atoms with van der Waals surface area (Å²) in [6.07, 6.45) is 0.678. The SMILES string of the molecule is CCCCn1cc[n+](CCCC(F)(F)F)c1-c1n(CCCC)cc[n+]1CCCC(F)(F)F. The molecule has 0 aromatic carbocycles. The van der Waals surface area contributed by atoms with E-state index in [4.69, 9.17) is 0 Å². The van der Waals surface area contributed by atoms with Gasteiger partial charge in [0.2, 0.25) is 0 Å². The van der Waals surface area contributed by atoms with Gasteiger partial charge in [0, 0.05) is 12.8 Å². The molecule has 0 fully saturated rings. The van der Waals surface area contributed by atoms with Crippen LogP contribution in [0.5, 0.6) is 0 Å². The van der Waals surface area contributed by atoms with Gasteiger partial charge in [0.25, 0.3) is 0 Å². The Bertz CT molecular complexity index is 751. The maximum atomic E-state index is 12.7. The van der Waals surface area contributed by atoms with Crippen molar-refractivity contribution in [2.75, 3.05) is 0 Å². The van der Waals surface area contributed by atoms with Gasteiger partial charge in [0.15, 0.2) is 0 Å². The average molecular weight is 469 g/mol. The van der Waals surface area contributed by atoms with Crippen LogP contribution in [0.1, 0.15) is 65.2 Å². The molecule has 0 amide bonds. The summed E-state index contributed by atoms with van der Waals surface area (Å²) < 4.78 is 83.8. The fourth-order valence-corrected chi connectivity index (χ4v) is 3.73. The lowest BCUT2D eigenvalue weighted by molar-refractivity contribution is -0.715. The first-order valence-electron chi connectivity index (χ1n) is 11.4. The molecule has 182 valence electrons. The smallest absolute Gasteiger partial charge is 0.223 e. The molecule has 0 atom stereocenters. The molecule has 0 saturated carbocycles. The van der Waals surface area contributed by atoms with Crippen LogP contribution in [0, 0.1) is 0 Å². The lowest BCUT2D eigenvalue weighted by Gasteiger charge is -2.09. The van der Waals surface area contributed by atoms with E-state index >= 15 is 0 Å². The summed E-state index contributed by atoms with van der Waals surface area (Å²) in [4.78, 5) is 0. The minimum atomic E-state index is -4.22. The molecule has 2 heterocycles. The lowest BCUT2D eigenvalue weighted by atomic mass is 10.3. The predicted molar refractivity (Wildman–Crippen MR) is 109 cm³/mol. The fourth-order valence-electron chi connectivity index (χ4n) is 3.73. The predicted octanol–water partition coefficient (Wildman–Crippen LogP) is 5.82. The van der Waals surface area contributed by atoms with Gasteiger partial charge in [-0.05, 0) is 25.7 Å². The second-order valence-electron chi connectivity index (χ2n) is 8.16. The highest BCUT2D eigenvalue weighted by molar-refractivity contribution is 5.36. The zero-order valence-electron chi connectivity index (χ0n) is 18.9. The molecular formula is C22H34F6N4+2. The Kier molecular flexibility index (Phi) is 9.64. The van der Waals surface area contributed by atoms with E-state index in [-0.39, 0.29) is 25.9 Å². The van der Waals surface area contributed by atoms with Gasteiger partial charge in [-0.1, -0.05) is 26.7 Å². The molecule has 0 aliphatic rings. The van der Waals surface area contributed by atoms with Crippen LogP contribution in [-0.4, -0.2) is 21.5 Å². The van der Waals surface area contributed by atoms with Crippen molar-refractivity contribution in [3.05, 3.63) is 24.8 Å². The topological polar surface area (TPSA) is 17.6 Å². The summed E-state index contributed by atoms with van der Waals surface area (Å²) in [6, 6.07) is 0. The van der Waals surface area contributed by atoms with Gasteiger partial charge >= 0.3 is 24.0 Å². The Hall–Kier alpha value is -2.00. The van der Waals surface area contributed by atoms with E-state index in [9.17, 15) is 26.3 Å². The highest BCUT2D eigenvalue weighted by atomic mass is 19.4. The third kappa shape index (κ3) is 8.16. The molecule has 2 rings (SSSR count). The van der Waals surface area contributed by atoms with Crippen LogP contribution in [0.25, 0.3) is 11.6 Å². The number of rotatable bonds is 13. The van der Waals surface area contributed by atoms with E-state index < -0.39 is 25.2 Å². The number of imidazole rings is 2. The van der Waals surface area contributed by atoms with Crippen LogP contribution in [0.4, 0.5) is 26.3 Å². The quantitative estimate of drug-likeness (QED) is 0.261. The normalized spacial score (nSPS) is 12.6. The van der Waals surface area contributed by atoms with Crippen molar-refractivity contribution in [3.8, 4) is 11.6 Å². The Morgan fingerprint density at radius 3 is 1.34 bits per heavy atom. The maximum absolute atomic E-state index is 12.7. The number of hydrogen-bond donors (Lipinski definition) is 0. The second-order valence-corrected chi connectivity index (χ2v) is 8.16. The van der Waals surface area contributed by atoms with Gasteiger partial charge in [0.05, 0.1) is 26.2 Å². The highest BCUT2D eigenvalue weighted by Gasteiger charge is 2.34. The van der Waals surface area contributed by atoms with Crippen molar-refractivity contribution in [2.45, 2.75) is 104 Å². The van der Waals surface area contributed by atoms with Crippen molar-refractivity contribution >= 4 is 0 Å². The molecule has 2 aromatic rings. The summed E-state index contributed by atoms with van der Waals surface area (Å²) in [5.74, 6) is 1.49. The van der Waals surface area contributed by atoms with Gasteiger partial charge in [0.1, 0.15) is 24.8 Å². The minimum Gasteiger partial charge on any atom is -0.223 e. The first-order valence-corrected chi connectivity index (χ1v) is 11.4. The van der Waals surface area contributed by atoms with E-state index in [0.717, 1.165) is 37.3 Å². The van der Waals surface area contributed by atoms with E-state index in [1.54, 1.807) is 21.5 Å². The second kappa shape index (κ2) is 11.7. The third-order valence-corrected chi connectivity index (χ3v) is 5.36. The van der Waals surface area contributed by atoms with Crippen LogP contribution < -0.4 is 9.13 Å². The van der Waals surface area contributed by atoms with Crippen molar-refractivity contribution in [3.63, 3.8) is 0 Å². The van der Waals surface area contributed by atoms with Crippen LogP contribution in [0.2, 0.25) is 0 Å². The molecule has 4 nitrogen and oxygen atoms in total. The number of aromatic nitrogens is 4. The van der Waals surface area contributed by atoms with Gasteiger partial charge in [-0.3, -0.25) is 0 Å². The van der Waals surface area contributed by atoms with Gasteiger partial charge in [-0.2, -0.15) is 26.3 Å². The number of nitrogens with zero attached hydrogens (tertiary/aromatic N) is 4. The Balaban J connectivity index is 2.41. The largest absolute Gasteiger partial charge is 0.389 e. The van der Waals surface area contributed by atoms with Gasteiger partial charge < -0.3 is 0 Å². The van der Waals surface area contributed by atoms with Crippen LogP contribution in [0.3, 0.4) is 0 Å². The standard InChI is InChI=1S/C22H34F6N4/c1-3-5-11-29-15-17-31(13-7-9-21(23,24)25)19(29)20-30(12-6-4-2)16-18-32(20)14-8-10-22(26,27)28/h15-18H,3-14H2,1-2H3/q+2. The Labute approximate surface area is 185 Å². The molecule has 0 radical (unpaired) electrons. The zero-order chi connectivity index (χ0) is 23.8. The van der Waals surface area contributed by atoms with Gasteiger partial charge in [-0.25, -0.2) is 18.3 Å². The molecule has 0 aliphatic heterocycles. The first kappa shape index (κ1) is 26.3. The number of alkyl halides is 6. The summed E-state index contributed by atoms with van der Waals surface area (Å²) in [5.41, 5.74) is 0. The van der Waals surface area contributed by atoms with Gasteiger partial charge in [-0.15, -0.1) is 0 Å². The highest BCUT2D eigenvalue weighted by Crippen LogP contribution is 2.23. The fraction of sp³-hybridized carbons (Fsp3) is 0.727. The zero-order valence-corrected chi connectivity index (χ0v) is 18.9. The minimum absolute atomic E-state index is 0.0529. The van der Waals surface area contributed by atoms with E-state index in [2.05, 4.69) is 13.8 Å². The first-order chi connectivity index (χ1) is 15.1. The molecule has 0 saturated heterocycles. The molecule has 0 bridgehead atoms. The lowest BCUT2D eigenvalue weighted by Crippen LogP contribution is -2.43. The molecule has 0 aliphatic carbocycles. The summed E-state index contributed by atoms with van der Waals surface area (Å²) in [6.45, 7) is 5.88. The molecular weight excluding hydrogens is 434 g/mol.